The Morgan fingerprint density at radius 1 is 1.09 bits per heavy atom. The first kappa shape index (κ1) is 8.41. The first-order valence-electron chi connectivity index (χ1n) is 3.95. The lowest BCUT2D eigenvalue weighted by Crippen LogP contribution is -2.18. The van der Waals surface area contributed by atoms with Gasteiger partial charge in [0.15, 0.2) is 0 Å². The highest BCUT2D eigenvalue weighted by molar-refractivity contribution is 6.21. The Balaban J connectivity index is 2.77. The number of aliphatic hydroxyl groups excluding tert-OH is 1. The Bertz CT molecular complexity index is 211. The minimum Gasteiger partial charge on any atom is -0.402 e. The summed E-state index contributed by atoms with van der Waals surface area (Å²) < 4.78 is 0. The standard InChI is InChI=1S/C8H12B2O/c9-7(8(10)11)6-4-2-1-3-5-6/h1-5,7-8,11H,9-10H2. The van der Waals surface area contributed by atoms with Crippen molar-refractivity contribution in [2.75, 3.05) is 0 Å². The van der Waals surface area contributed by atoms with E-state index in [1.165, 1.54) is 5.56 Å². The van der Waals surface area contributed by atoms with Crippen LogP contribution in [0.2, 0.25) is 0 Å². The lowest BCUT2D eigenvalue weighted by atomic mass is 9.70. The summed E-state index contributed by atoms with van der Waals surface area (Å²) in [5, 5.41) is 9.27. The number of hydrogen-bond donors (Lipinski definition) is 1. The molecule has 0 fully saturated rings. The highest BCUT2D eigenvalue weighted by Crippen LogP contribution is 2.13. The molecule has 0 aliphatic rings. The normalized spacial score (nSPS) is 15.7. The van der Waals surface area contributed by atoms with Gasteiger partial charge in [0.05, 0.1) is 0 Å². The topological polar surface area (TPSA) is 20.2 Å². The molecule has 1 N–H and O–H groups in total. The Labute approximate surface area is 69.3 Å². The van der Waals surface area contributed by atoms with Gasteiger partial charge in [-0.05, 0) is 5.82 Å². The third kappa shape index (κ3) is 2.12. The monoisotopic (exact) mass is 146 g/mol. The maximum Gasteiger partial charge on any atom is 0.138 e. The van der Waals surface area contributed by atoms with Gasteiger partial charge in [0.1, 0.15) is 15.7 Å². The number of benzene rings is 1. The van der Waals surface area contributed by atoms with E-state index in [0.29, 0.717) is 0 Å². The molecule has 1 nitrogen and oxygen atoms in total. The van der Waals surface area contributed by atoms with Gasteiger partial charge in [-0.15, -0.1) is 0 Å². The van der Waals surface area contributed by atoms with Crippen molar-refractivity contribution >= 4 is 15.7 Å². The molecule has 56 valence electrons. The summed E-state index contributed by atoms with van der Waals surface area (Å²) in [7, 11) is 3.84. The molecule has 0 heterocycles. The van der Waals surface area contributed by atoms with Gasteiger partial charge in [-0.2, -0.15) is 0 Å². The molecule has 1 aromatic rings. The molecule has 3 heteroatoms. The number of aliphatic hydroxyl groups is 1. The van der Waals surface area contributed by atoms with Crippen molar-refractivity contribution in [1.82, 2.24) is 0 Å². The van der Waals surface area contributed by atoms with Crippen LogP contribution in [0.25, 0.3) is 0 Å². The van der Waals surface area contributed by atoms with Crippen LogP contribution in [0.5, 0.6) is 0 Å². The molecule has 0 saturated carbocycles. The van der Waals surface area contributed by atoms with Crippen LogP contribution in [0.1, 0.15) is 11.4 Å². The summed E-state index contributed by atoms with van der Waals surface area (Å²) in [5.74, 6) is 0.233. The predicted octanol–water partition coefficient (Wildman–Crippen LogP) is -0.688. The maximum absolute atomic E-state index is 9.27. The Morgan fingerprint density at radius 2 is 1.64 bits per heavy atom. The molecule has 2 unspecified atom stereocenters. The zero-order valence-electron chi connectivity index (χ0n) is 6.99. The number of rotatable bonds is 2. The van der Waals surface area contributed by atoms with Gasteiger partial charge >= 0.3 is 0 Å². The van der Waals surface area contributed by atoms with Crippen LogP contribution in [0, 0.1) is 0 Å². The molecule has 2 atom stereocenters. The average Bonchev–Trinajstić information content (AvgIpc) is 2.05. The summed E-state index contributed by atoms with van der Waals surface area (Å²) in [6, 6.07) is 9.78. The zero-order valence-corrected chi connectivity index (χ0v) is 6.99. The van der Waals surface area contributed by atoms with Crippen LogP contribution in [0.3, 0.4) is 0 Å². The van der Waals surface area contributed by atoms with Gasteiger partial charge in [-0.25, -0.2) is 0 Å². The van der Waals surface area contributed by atoms with E-state index in [2.05, 4.69) is 0 Å². The molecule has 0 bridgehead atoms. The van der Waals surface area contributed by atoms with Crippen LogP contribution in [-0.4, -0.2) is 26.8 Å². The summed E-state index contributed by atoms with van der Waals surface area (Å²) in [4.78, 5) is 0. The lowest BCUT2D eigenvalue weighted by molar-refractivity contribution is 0.250. The second-order valence-electron chi connectivity index (χ2n) is 2.94. The van der Waals surface area contributed by atoms with E-state index in [4.69, 9.17) is 0 Å². The Hall–Kier alpha value is -0.690. The minimum atomic E-state index is -0.266. The molecule has 0 amide bonds. The third-order valence-corrected chi connectivity index (χ3v) is 2.05. The summed E-state index contributed by atoms with van der Waals surface area (Å²) in [6.45, 7) is 0. The fraction of sp³-hybridized carbons (Fsp3) is 0.250. The van der Waals surface area contributed by atoms with Gasteiger partial charge in [-0.1, -0.05) is 35.9 Å². The molecule has 11 heavy (non-hydrogen) atoms. The number of hydrogen-bond acceptors (Lipinski definition) is 1. The van der Waals surface area contributed by atoms with Crippen LogP contribution >= 0.6 is 0 Å². The van der Waals surface area contributed by atoms with Gasteiger partial charge in [0, 0.05) is 6.00 Å². The van der Waals surface area contributed by atoms with Gasteiger partial charge in [0.2, 0.25) is 0 Å². The van der Waals surface area contributed by atoms with Gasteiger partial charge in [0.25, 0.3) is 0 Å². The van der Waals surface area contributed by atoms with E-state index in [-0.39, 0.29) is 11.8 Å². The highest BCUT2D eigenvalue weighted by atomic mass is 16.3. The van der Waals surface area contributed by atoms with E-state index in [9.17, 15) is 5.11 Å². The third-order valence-electron chi connectivity index (χ3n) is 2.05. The van der Waals surface area contributed by atoms with Crippen molar-refractivity contribution in [3.05, 3.63) is 35.9 Å². The van der Waals surface area contributed by atoms with Crippen LogP contribution in [-0.2, 0) is 0 Å². The van der Waals surface area contributed by atoms with E-state index in [1.807, 2.05) is 46.0 Å². The van der Waals surface area contributed by atoms with E-state index < -0.39 is 0 Å². The molecule has 0 saturated heterocycles. The quantitative estimate of drug-likeness (QED) is 0.547. The fourth-order valence-corrected chi connectivity index (χ4v) is 1.04. The Morgan fingerprint density at radius 3 is 2.09 bits per heavy atom. The largest absolute Gasteiger partial charge is 0.402 e. The van der Waals surface area contributed by atoms with E-state index >= 15 is 0 Å². The van der Waals surface area contributed by atoms with Crippen molar-refractivity contribution in [2.24, 2.45) is 0 Å². The minimum absolute atomic E-state index is 0.233. The molecule has 0 aliphatic carbocycles. The average molecular weight is 146 g/mol. The van der Waals surface area contributed by atoms with Crippen LogP contribution < -0.4 is 0 Å². The molecule has 0 aliphatic heterocycles. The van der Waals surface area contributed by atoms with Crippen molar-refractivity contribution in [3.63, 3.8) is 0 Å². The van der Waals surface area contributed by atoms with Crippen molar-refractivity contribution in [3.8, 4) is 0 Å². The van der Waals surface area contributed by atoms with Crippen molar-refractivity contribution in [2.45, 2.75) is 11.8 Å². The van der Waals surface area contributed by atoms with E-state index in [1.54, 1.807) is 0 Å². The lowest BCUT2D eigenvalue weighted by Gasteiger charge is -2.14. The molecular weight excluding hydrogens is 134 g/mol. The molecule has 0 spiro atoms. The first-order chi connectivity index (χ1) is 5.22. The summed E-state index contributed by atoms with van der Waals surface area (Å²) in [6.07, 6.45) is 0. The second-order valence-corrected chi connectivity index (χ2v) is 2.94. The van der Waals surface area contributed by atoms with Crippen LogP contribution in [0.15, 0.2) is 30.3 Å². The fourth-order valence-electron chi connectivity index (χ4n) is 1.04. The second kappa shape index (κ2) is 3.63. The molecule has 0 aromatic heterocycles. The van der Waals surface area contributed by atoms with E-state index in [0.717, 1.165) is 0 Å². The van der Waals surface area contributed by atoms with Crippen LogP contribution in [0.4, 0.5) is 0 Å². The smallest absolute Gasteiger partial charge is 0.138 e. The predicted molar refractivity (Wildman–Crippen MR) is 52.3 cm³/mol. The molecule has 1 rings (SSSR count). The van der Waals surface area contributed by atoms with Gasteiger partial charge in [-0.3, -0.25) is 0 Å². The maximum atomic E-state index is 9.27. The molecule has 1 aromatic carbocycles. The zero-order chi connectivity index (χ0) is 8.27. The first-order valence-corrected chi connectivity index (χ1v) is 3.95. The van der Waals surface area contributed by atoms with Crippen molar-refractivity contribution in [1.29, 1.82) is 0 Å². The Kier molecular flexibility index (Phi) is 2.77. The summed E-state index contributed by atoms with van der Waals surface area (Å²) in [5.41, 5.74) is 1.20. The SMILES string of the molecule is BC(O)C(B)c1ccccc1. The molecular formula is C8H12B2O. The van der Waals surface area contributed by atoms with Gasteiger partial charge < -0.3 is 5.11 Å². The summed E-state index contributed by atoms with van der Waals surface area (Å²) >= 11 is 0. The van der Waals surface area contributed by atoms with Crippen molar-refractivity contribution < 1.29 is 5.11 Å². The highest BCUT2D eigenvalue weighted by Gasteiger charge is 2.09. The molecule has 0 radical (unpaired) electrons.